The molecule has 0 radical (unpaired) electrons. The van der Waals surface area contributed by atoms with Crippen LogP contribution < -0.4 is 15.2 Å². The highest BCUT2D eigenvalue weighted by atomic mass is 16.5. The summed E-state index contributed by atoms with van der Waals surface area (Å²) in [6.07, 6.45) is 1.24. The zero-order valence-electron chi connectivity index (χ0n) is 13.0. The van der Waals surface area contributed by atoms with Gasteiger partial charge in [-0.05, 0) is 37.5 Å². The van der Waals surface area contributed by atoms with E-state index in [1.54, 1.807) is 18.1 Å². The lowest BCUT2D eigenvalue weighted by Crippen LogP contribution is -2.43. The van der Waals surface area contributed by atoms with Gasteiger partial charge in [-0.15, -0.1) is 0 Å². The zero-order chi connectivity index (χ0) is 16.1. The van der Waals surface area contributed by atoms with E-state index in [9.17, 15) is 9.59 Å². The fraction of sp³-hybridized carbons (Fsp3) is 0.500. The van der Waals surface area contributed by atoms with E-state index < -0.39 is 0 Å². The molecule has 1 fully saturated rings. The van der Waals surface area contributed by atoms with Crippen molar-refractivity contribution >= 4 is 11.8 Å². The lowest BCUT2D eigenvalue weighted by molar-refractivity contribution is -0.136. The minimum absolute atomic E-state index is 0.0410. The van der Waals surface area contributed by atoms with Gasteiger partial charge in [0.15, 0.2) is 18.1 Å². The number of ether oxygens (including phenoxy) is 2. The van der Waals surface area contributed by atoms with Crippen molar-refractivity contribution < 1.29 is 19.1 Å². The smallest absolute Gasteiger partial charge is 0.260 e. The average molecular weight is 306 g/mol. The van der Waals surface area contributed by atoms with E-state index in [4.69, 9.17) is 15.2 Å². The molecule has 1 aliphatic heterocycles. The molecule has 0 saturated carbocycles. The quantitative estimate of drug-likeness (QED) is 0.883. The minimum atomic E-state index is -0.284. The maximum absolute atomic E-state index is 12.2. The molecule has 1 aromatic rings. The zero-order valence-corrected chi connectivity index (χ0v) is 13.0. The number of amides is 2. The van der Waals surface area contributed by atoms with Crippen molar-refractivity contribution in [2.45, 2.75) is 19.8 Å². The lowest BCUT2D eigenvalue weighted by atomic mass is 9.96. The van der Waals surface area contributed by atoms with Crippen molar-refractivity contribution in [2.24, 2.45) is 11.7 Å². The van der Waals surface area contributed by atoms with Crippen LogP contribution in [0.1, 0.15) is 18.4 Å². The Morgan fingerprint density at radius 3 is 2.55 bits per heavy atom. The molecule has 6 nitrogen and oxygen atoms in total. The van der Waals surface area contributed by atoms with E-state index in [2.05, 4.69) is 0 Å². The summed E-state index contributed by atoms with van der Waals surface area (Å²) >= 11 is 0. The molecule has 0 bridgehead atoms. The van der Waals surface area contributed by atoms with Crippen LogP contribution in [0.25, 0.3) is 0 Å². The number of nitrogens with two attached hydrogens (primary N) is 1. The molecule has 0 spiro atoms. The number of carbonyl (C=O) groups is 2. The summed E-state index contributed by atoms with van der Waals surface area (Å²) < 4.78 is 10.8. The number of hydrogen-bond acceptors (Lipinski definition) is 4. The highest BCUT2D eigenvalue weighted by molar-refractivity contribution is 5.79. The van der Waals surface area contributed by atoms with Crippen molar-refractivity contribution in [1.82, 2.24) is 4.90 Å². The summed E-state index contributed by atoms with van der Waals surface area (Å²) in [5.41, 5.74) is 6.35. The Balaban J connectivity index is 1.87. The normalized spacial score (nSPS) is 15.5. The van der Waals surface area contributed by atoms with Crippen molar-refractivity contribution in [3.63, 3.8) is 0 Å². The SMILES string of the molecule is COc1cc(C)ccc1OCC(=O)N1CCC(C(N)=O)CC1. The largest absolute Gasteiger partial charge is 0.493 e. The van der Waals surface area contributed by atoms with Crippen molar-refractivity contribution in [1.29, 1.82) is 0 Å². The van der Waals surface area contributed by atoms with Gasteiger partial charge in [0.25, 0.3) is 5.91 Å². The summed E-state index contributed by atoms with van der Waals surface area (Å²) in [7, 11) is 1.57. The molecule has 0 atom stereocenters. The maximum atomic E-state index is 12.2. The number of piperidine rings is 1. The number of carbonyl (C=O) groups excluding carboxylic acids is 2. The Bertz CT molecular complexity index is 551. The second-order valence-corrected chi connectivity index (χ2v) is 5.50. The molecule has 120 valence electrons. The van der Waals surface area contributed by atoms with Crippen molar-refractivity contribution in [3.05, 3.63) is 23.8 Å². The Morgan fingerprint density at radius 1 is 1.27 bits per heavy atom. The van der Waals surface area contributed by atoms with Crippen LogP contribution in [0.15, 0.2) is 18.2 Å². The van der Waals surface area contributed by atoms with Crippen LogP contribution in [0.4, 0.5) is 0 Å². The molecule has 1 aromatic carbocycles. The van der Waals surface area contributed by atoms with Gasteiger partial charge in [0.2, 0.25) is 5.91 Å². The van der Waals surface area contributed by atoms with E-state index in [1.165, 1.54) is 0 Å². The van der Waals surface area contributed by atoms with Crippen LogP contribution in [-0.2, 0) is 9.59 Å². The van der Waals surface area contributed by atoms with Crippen LogP contribution in [0.2, 0.25) is 0 Å². The molecular weight excluding hydrogens is 284 g/mol. The van der Waals surface area contributed by atoms with E-state index in [0.29, 0.717) is 37.4 Å². The highest BCUT2D eigenvalue weighted by Gasteiger charge is 2.26. The van der Waals surface area contributed by atoms with E-state index >= 15 is 0 Å². The Labute approximate surface area is 130 Å². The van der Waals surface area contributed by atoms with Crippen LogP contribution in [0.5, 0.6) is 11.5 Å². The lowest BCUT2D eigenvalue weighted by Gasteiger charge is -2.30. The number of aryl methyl sites for hydroxylation is 1. The molecule has 1 aliphatic rings. The summed E-state index contributed by atoms with van der Waals surface area (Å²) in [4.78, 5) is 25.0. The van der Waals surface area contributed by atoms with Crippen LogP contribution in [0.3, 0.4) is 0 Å². The van der Waals surface area contributed by atoms with Gasteiger partial charge >= 0.3 is 0 Å². The number of likely N-dealkylation sites (tertiary alicyclic amines) is 1. The summed E-state index contributed by atoms with van der Waals surface area (Å²) in [6.45, 7) is 3.00. The molecule has 2 amide bonds. The molecule has 2 rings (SSSR count). The van der Waals surface area contributed by atoms with Crippen molar-refractivity contribution in [3.8, 4) is 11.5 Å². The van der Waals surface area contributed by atoms with Crippen LogP contribution in [0, 0.1) is 12.8 Å². The van der Waals surface area contributed by atoms with Gasteiger partial charge in [-0.3, -0.25) is 9.59 Å². The maximum Gasteiger partial charge on any atom is 0.260 e. The fourth-order valence-electron chi connectivity index (χ4n) is 2.54. The van der Waals surface area contributed by atoms with Gasteiger partial charge in [0.05, 0.1) is 7.11 Å². The number of methoxy groups -OCH3 is 1. The first-order valence-electron chi connectivity index (χ1n) is 7.35. The molecule has 1 saturated heterocycles. The first kappa shape index (κ1) is 16.1. The van der Waals surface area contributed by atoms with Gasteiger partial charge in [0, 0.05) is 19.0 Å². The first-order valence-corrected chi connectivity index (χ1v) is 7.35. The molecule has 6 heteroatoms. The van der Waals surface area contributed by atoms with E-state index in [0.717, 1.165) is 5.56 Å². The first-order chi connectivity index (χ1) is 10.5. The van der Waals surface area contributed by atoms with Gasteiger partial charge in [-0.1, -0.05) is 6.07 Å². The molecular formula is C16H22N2O4. The van der Waals surface area contributed by atoms with Gasteiger partial charge in [0.1, 0.15) is 0 Å². The monoisotopic (exact) mass is 306 g/mol. The third kappa shape index (κ3) is 3.90. The number of primary amides is 1. The Kier molecular flexibility index (Phi) is 5.25. The number of benzene rings is 1. The fourth-order valence-corrected chi connectivity index (χ4v) is 2.54. The van der Waals surface area contributed by atoms with Crippen LogP contribution >= 0.6 is 0 Å². The molecule has 2 N–H and O–H groups in total. The average Bonchev–Trinajstić information content (AvgIpc) is 2.53. The second-order valence-electron chi connectivity index (χ2n) is 5.50. The number of nitrogens with zero attached hydrogens (tertiary/aromatic N) is 1. The Morgan fingerprint density at radius 2 is 1.95 bits per heavy atom. The highest BCUT2D eigenvalue weighted by Crippen LogP contribution is 2.27. The minimum Gasteiger partial charge on any atom is -0.493 e. The van der Waals surface area contributed by atoms with Gasteiger partial charge < -0.3 is 20.1 Å². The van der Waals surface area contributed by atoms with E-state index in [1.807, 2.05) is 19.1 Å². The summed E-state index contributed by atoms with van der Waals surface area (Å²) in [5, 5.41) is 0. The van der Waals surface area contributed by atoms with E-state index in [-0.39, 0.29) is 24.3 Å². The number of rotatable bonds is 5. The topological polar surface area (TPSA) is 81.9 Å². The molecule has 1 heterocycles. The molecule has 22 heavy (non-hydrogen) atoms. The number of hydrogen-bond donors (Lipinski definition) is 1. The predicted molar refractivity (Wildman–Crippen MR) is 81.7 cm³/mol. The third-order valence-electron chi connectivity index (χ3n) is 3.92. The summed E-state index contributed by atoms with van der Waals surface area (Å²) in [5.74, 6) is 0.661. The summed E-state index contributed by atoms with van der Waals surface area (Å²) in [6, 6.07) is 5.56. The van der Waals surface area contributed by atoms with Gasteiger partial charge in [-0.25, -0.2) is 0 Å². The molecule has 0 unspecified atom stereocenters. The van der Waals surface area contributed by atoms with Crippen LogP contribution in [-0.4, -0.2) is 43.5 Å². The van der Waals surface area contributed by atoms with Gasteiger partial charge in [-0.2, -0.15) is 0 Å². The third-order valence-corrected chi connectivity index (χ3v) is 3.92. The molecule has 0 aliphatic carbocycles. The second kappa shape index (κ2) is 7.15. The predicted octanol–water partition coefficient (Wildman–Crippen LogP) is 1.11. The standard InChI is InChI=1S/C16H22N2O4/c1-11-3-4-13(14(9-11)21-2)22-10-15(19)18-7-5-12(6-8-18)16(17)20/h3-4,9,12H,5-8,10H2,1-2H3,(H2,17,20). The Hall–Kier alpha value is -2.24. The van der Waals surface area contributed by atoms with Crippen molar-refractivity contribution in [2.75, 3.05) is 26.8 Å². The molecule has 0 aromatic heterocycles.